The van der Waals surface area contributed by atoms with Crippen molar-refractivity contribution in [2.24, 2.45) is 0 Å². The molecule has 0 spiro atoms. The number of methoxy groups -OCH3 is 1. The van der Waals surface area contributed by atoms with E-state index in [0.29, 0.717) is 24.7 Å². The molecule has 4 aromatic rings. The zero-order chi connectivity index (χ0) is 21.2. The molecule has 0 N–H and O–H groups in total. The van der Waals surface area contributed by atoms with Crippen LogP contribution < -0.4 is 4.90 Å². The van der Waals surface area contributed by atoms with E-state index in [0.717, 1.165) is 43.2 Å². The Morgan fingerprint density at radius 2 is 2.03 bits per heavy atom. The zero-order valence-electron chi connectivity index (χ0n) is 17.9. The molecule has 0 amide bonds. The number of anilines is 1. The van der Waals surface area contributed by atoms with Gasteiger partial charge in [-0.15, -0.1) is 5.10 Å². The van der Waals surface area contributed by atoms with E-state index in [4.69, 9.17) is 24.2 Å². The summed E-state index contributed by atoms with van der Waals surface area (Å²) in [5.74, 6) is 1.93. The number of hydrogen-bond acceptors (Lipinski definition) is 7. The van der Waals surface area contributed by atoms with E-state index in [1.54, 1.807) is 13.4 Å². The number of likely N-dealkylation sites (N-methyl/N-ethyl adjacent to an activating group) is 1. The van der Waals surface area contributed by atoms with E-state index < -0.39 is 0 Å². The molecule has 160 valence electrons. The van der Waals surface area contributed by atoms with Gasteiger partial charge in [0.25, 0.3) is 0 Å². The first-order valence-corrected chi connectivity index (χ1v) is 10.5. The van der Waals surface area contributed by atoms with Gasteiger partial charge in [-0.25, -0.2) is 9.97 Å². The molecule has 1 aromatic carbocycles. The molecule has 4 heterocycles. The third kappa shape index (κ3) is 3.92. The summed E-state index contributed by atoms with van der Waals surface area (Å²) in [5.41, 5.74) is 4.69. The van der Waals surface area contributed by atoms with Gasteiger partial charge < -0.3 is 14.1 Å². The first kappa shape index (κ1) is 19.7. The van der Waals surface area contributed by atoms with Crippen molar-refractivity contribution >= 4 is 11.6 Å². The summed E-state index contributed by atoms with van der Waals surface area (Å²) >= 11 is 0. The van der Waals surface area contributed by atoms with Crippen molar-refractivity contribution in [2.75, 3.05) is 38.8 Å². The molecular formula is C23H26N6O2. The van der Waals surface area contributed by atoms with Crippen molar-refractivity contribution in [1.29, 1.82) is 0 Å². The Balaban J connectivity index is 1.49. The fraction of sp³-hybridized carbons (Fsp3) is 0.348. The lowest BCUT2D eigenvalue weighted by molar-refractivity contribution is 0.206. The van der Waals surface area contributed by atoms with Gasteiger partial charge >= 0.3 is 0 Å². The average Bonchev–Trinajstić information content (AvgIpc) is 3.48. The van der Waals surface area contributed by atoms with Crippen molar-refractivity contribution in [2.45, 2.75) is 19.5 Å². The van der Waals surface area contributed by atoms with E-state index in [1.807, 2.05) is 34.8 Å². The highest BCUT2D eigenvalue weighted by molar-refractivity contribution is 5.58. The summed E-state index contributed by atoms with van der Waals surface area (Å²) in [4.78, 5) is 14.0. The van der Waals surface area contributed by atoms with Crippen molar-refractivity contribution < 1.29 is 9.15 Å². The summed E-state index contributed by atoms with van der Waals surface area (Å²) in [6.07, 6.45) is 4.62. The smallest absolute Gasteiger partial charge is 0.228 e. The number of fused-ring (bicyclic) bond motifs is 2. The van der Waals surface area contributed by atoms with Gasteiger partial charge in [0, 0.05) is 52.1 Å². The average molecular weight is 419 g/mol. The molecule has 31 heavy (non-hydrogen) atoms. The van der Waals surface area contributed by atoms with Gasteiger partial charge in [0.05, 0.1) is 12.9 Å². The standard InChI is InChI=1S/C23H26N6O2/c1-27(11-13-30-2)23-24-14-19(16-28-10-9-17-6-3-4-7-18(17)15-28)22-25-21(26-29(22)23)20-8-5-12-31-20/h3-8,12,14H,9-11,13,15-16H2,1-2H3. The van der Waals surface area contributed by atoms with Crippen LogP contribution in [-0.4, -0.2) is 58.3 Å². The maximum Gasteiger partial charge on any atom is 0.228 e. The summed E-state index contributed by atoms with van der Waals surface area (Å²) in [5, 5.41) is 4.72. The van der Waals surface area contributed by atoms with Crippen LogP contribution in [0.2, 0.25) is 0 Å². The fourth-order valence-corrected chi connectivity index (χ4v) is 4.05. The number of rotatable bonds is 7. The molecule has 8 nitrogen and oxygen atoms in total. The van der Waals surface area contributed by atoms with Crippen LogP contribution in [0.1, 0.15) is 16.7 Å². The van der Waals surface area contributed by atoms with Crippen molar-refractivity contribution in [3.63, 3.8) is 0 Å². The van der Waals surface area contributed by atoms with Crippen LogP contribution in [-0.2, 0) is 24.2 Å². The SMILES string of the molecule is COCCN(C)c1ncc(CN2CCc3ccccc3C2)c2nc(-c3ccco3)nn12. The number of benzene rings is 1. The molecule has 5 rings (SSSR count). The largest absolute Gasteiger partial charge is 0.461 e. The summed E-state index contributed by atoms with van der Waals surface area (Å²) < 4.78 is 12.6. The van der Waals surface area contributed by atoms with Crippen LogP contribution in [0.25, 0.3) is 17.2 Å². The predicted octanol–water partition coefficient (Wildman–Crippen LogP) is 3.03. The Hall–Kier alpha value is -3.23. The van der Waals surface area contributed by atoms with Gasteiger partial charge in [0.2, 0.25) is 11.8 Å². The van der Waals surface area contributed by atoms with E-state index in [-0.39, 0.29) is 0 Å². The van der Waals surface area contributed by atoms with Crippen molar-refractivity contribution in [3.05, 3.63) is 65.5 Å². The summed E-state index contributed by atoms with van der Waals surface area (Å²) in [6.45, 7) is 4.02. The fourth-order valence-electron chi connectivity index (χ4n) is 4.05. The Morgan fingerprint density at radius 3 is 2.84 bits per heavy atom. The normalized spacial score (nSPS) is 14.1. The second-order valence-electron chi connectivity index (χ2n) is 7.88. The summed E-state index contributed by atoms with van der Waals surface area (Å²) in [7, 11) is 3.68. The van der Waals surface area contributed by atoms with Gasteiger partial charge in [-0.05, 0) is 29.7 Å². The third-order valence-electron chi connectivity index (χ3n) is 5.74. The minimum Gasteiger partial charge on any atom is -0.461 e. The predicted molar refractivity (Wildman–Crippen MR) is 118 cm³/mol. The maximum absolute atomic E-state index is 5.54. The van der Waals surface area contributed by atoms with E-state index >= 15 is 0 Å². The highest BCUT2D eigenvalue weighted by Crippen LogP contribution is 2.25. The molecule has 1 aliphatic rings. The zero-order valence-corrected chi connectivity index (χ0v) is 17.9. The molecule has 1 aliphatic heterocycles. The third-order valence-corrected chi connectivity index (χ3v) is 5.74. The first-order valence-electron chi connectivity index (χ1n) is 10.5. The van der Waals surface area contributed by atoms with Crippen molar-refractivity contribution in [3.8, 4) is 11.6 Å². The second-order valence-corrected chi connectivity index (χ2v) is 7.88. The Bertz CT molecular complexity index is 1170. The Labute approximate surface area is 181 Å². The minimum atomic E-state index is 0.560. The molecule has 0 saturated heterocycles. The topological polar surface area (TPSA) is 71.9 Å². The lowest BCUT2D eigenvalue weighted by Crippen LogP contribution is -2.30. The van der Waals surface area contributed by atoms with Crippen molar-refractivity contribution in [1.82, 2.24) is 24.5 Å². The monoisotopic (exact) mass is 418 g/mol. The molecular weight excluding hydrogens is 392 g/mol. The minimum absolute atomic E-state index is 0.560. The van der Waals surface area contributed by atoms with Crippen LogP contribution in [0.5, 0.6) is 0 Å². The second kappa shape index (κ2) is 8.49. The molecule has 0 fully saturated rings. The highest BCUT2D eigenvalue weighted by atomic mass is 16.5. The lowest BCUT2D eigenvalue weighted by Gasteiger charge is -2.28. The van der Waals surface area contributed by atoms with Gasteiger partial charge in [0.15, 0.2) is 11.4 Å². The molecule has 0 atom stereocenters. The van der Waals surface area contributed by atoms with E-state index in [9.17, 15) is 0 Å². The molecule has 0 saturated carbocycles. The van der Waals surface area contributed by atoms with Gasteiger partial charge in [-0.1, -0.05) is 24.3 Å². The quantitative estimate of drug-likeness (QED) is 0.457. The van der Waals surface area contributed by atoms with Crippen LogP contribution in [0, 0.1) is 0 Å². The lowest BCUT2D eigenvalue weighted by atomic mass is 10.00. The summed E-state index contributed by atoms with van der Waals surface area (Å²) in [6, 6.07) is 12.4. The van der Waals surface area contributed by atoms with E-state index in [1.165, 1.54) is 11.1 Å². The van der Waals surface area contributed by atoms with Crippen LogP contribution in [0.3, 0.4) is 0 Å². The number of aromatic nitrogens is 4. The molecule has 8 heteroatoms. The molecule has 0 radical (unpaired) electrons. The van der Waals surface area contributed by atoms with Crippen LogP contribution in [0.15, 0.2) is 53.3 Å². The number of furan rings is 1. The Kier molecular flexibility index (Phi) is 5.40. The van der Waals surface area contributed by atoms with Gasteiger partial charge in [-0.3, -0.25) is 4.90 Å². The maximum atomic E-state index is 5.54. The van der Waals surface area contributed by atoms with Gasteiger partial charge in [-0.2, -0.15) is 4.52 Å². The first-order chi connectivity index (χ1) is 15.2. The van der Waals surface area contributed by atoms with Crippen LogP contribution in [0.4, 0.5) is 5.95 Å². The molecule has 0 bridgehead atoms. The molecule has 3 aromatic heterocycles. The van der Waals surface area contributed by atoms with Crippen LogP contribution >= 0.6 is 0 Å². The van der Waals surface area contributed by atoms with Gasteiger partial charge in [0.1, 0.15) is 0 Å². The molecule has 0 unspecified atom stereocenters. The number of nitrogens with zero attached hydrogens (tertiary/aromatic N) is 6. The number of ether oxygens (including phenoxy) is 1. The number of hydrogen-bond donors (Lipinski definition) is 0. The highest BCUT2D eigenvalue weighted by Gasteiger charge is 2.21. The van der Waals surface area contributed by atoms with E-state index in [2.05, 4.69) is 29.2 Å². The molecule has 0 aliphatic carbocycles. The Morgan fingerprint density at radius 1 is 1.16 bits per heavy atom.